The second-order valence-electron chi connectivity index (χ2n) is 6.04. The van der Waals surface area contributed by atoms with Crippen molar-refractivity contribution in [1.29, 1.82) is 0 Å². The van der Waals surface area contributed by atoms with Gasteiger partial charge >= 0.3 is 0 Å². The van der Waals surface area contributed by atoms with Crippen LogP contribution in [0.1, 0.15) is 0 Å². The zero-order chi connectivity index (χ0) is 20.4. The summed E-state index contributed by atoms with van der Waals surface area (Å²) in [6.07, 6.45) is 1.74. The van der Waals surface area contributed by atoms with Crippen molar-refractivity contribution in [2.24, 2.45) is 5.14 Å². The largest absolute Gasteiger partial charge is 0.282 e. The van der Waals surface area contributed by atoms with Crippen LogP contribution in [0.3, 0.4) is 0 Å². The molecule has 0 radical (unpaired) electrons. The lowest BCUT2D eigenvalue weighted by molar-refractivity contribution is 0.449. The molecule has 10 heteroatoms. The molecule has 2 aromatic heterocycles. The highest BCUT2D eigenvalue weighted by molar-refractivity contribution is 7.82. The van der Waals surface area contributed by atoms with E-state index in [9.17, 15) is 8.42 Å². The second-order valence-corrected chi connectivity index (χ2v) is 8.11. The summed E-state index contributed by atoms with van der Waals surface area (Å²) in [5.74, 6) is 0. The van der Waals surface area contributed by atoms with Crippen molar-refractivity contribution in [3.8, 4) is 22.5 Å². The molecule has 3 N–H and O–H groups in total. The minimum absolute atomic E-state index is 0.550. The van der Waals surface area contributed by atoms with Crippen molar-refractivity contribution in [3.05, 3.63) is 66.9 Å². The monoisotopic (exact) mass is 427 g/mol. The predicted octanol–water partition coefficient (Wildman–Crippen LogP) is 2.68. The molecule has 148 valence electrons. The van der Waals surface area contributed by atoms with Crippen molar-refractivity contribution < 1.29 is 12.6 Å². The van der Waals surface area contributed by atoms with Crippen molar-refractivity contribution in [1.82, 2.24) is 14.6 Å². The Morgan fingerprint density at radius 2 is 1.83 bits per heavy atom. The Morgan fingerprint density at radius 1 is 1.03 bits per heavy atom. The molecule has 29 heavy (non-hydrogen) atoms. The number of hydrogen-bond acceptors (Lipinski definition) is 5. The van der Waals surface area contributed by atoms with Gasteiger partial charge in [0.2, 0.25) is 0 Å². The highest BCUT2D eigenvalue weighted by Gasteiger charge is 2.10. The van der Waals surface area contributed by atoms with Gasteiger partial charge in [0, 0.05) is 16.8 Å². The van der Waals surface area contributed by atoms with Crippen LogP contribution in [0.25, 0.3) is 28.2 Å². The van der Waals surface area contributed by atoms with E-state index in [-0.39, 0.29) is 0 Å². The lowest BCUT2D eigenvalue weighted by Gasteiger charge is -2.08. The third-order valence-corrected chi connectivity index (χ3v) is 5.70. The Morgan fingerprint density at radius 3 is 2.55 bits per heavy atom. The van der Waals surface area contributed by atoms with Gasteiger partial charge in [0.25, 0.3) is 11.3 Å². The van der Waals surface area contributed by atoms with Gasteiger partial charge < -0.3 is 0 Å². The number of fused-ring (bicyclic) bond motifs is 1. The molecular weight excluding hydrogens is 410 g/mol. The summed E-state index contributed by atoms with van der Waals surface area (Å²) in [4.78, 5) is 4.95. The second kappa shape index (κ2) is 8.21. The van der Waals surface area contributed by atoms with Gasteiger partial charge in [0.05, 0.1) is 29.6 Å². The van der Waals surface area contributed by atoms with Crippen LogP contribution in [-0.2, 0) is 26.4 Å². The van der Waals surface area contributed by atoms with Gasteiger partial charge in [-0.05, 0) is 36.4 Å². The summed E-state index contributed by atoms with van der Waals surface area (Å²) in [7, 11) is -0.160. The third kappa shape index (κ3) is 4.10. The first-order valence-electron chi connectivity index (χ1n) is 8.50. The summed E-state index contributed by atoms with van der Waals surface area (Å²) in [6.45, 7) is 0. The summed E-state index contributed by atoms with van der Waals surface area (Å²) >= 11 is -1.61. The smallest absolute Gasteiger partial charge is 0.261 e. The Kier molecular flexibility index (Phi) is 5.49. The van der Waals surface area contributed by atoms with Crippen LogP contribution >= 0.6 is 0 Å². The normalized spacial score (nSPS) is 13.3. The fourth-order valence-corrected chi connectivity index (χ4v) is 3.67. The Bertz CT molecular complexity index is 1220. The number of hydrogen-bond donors (Lipinski definition) is 2. The molecule has 4 aromatic rings. The van der Waals surface area contributed by atoms with Crippen LogP contribution in [0.15, 0.2) is 71.8 Å². The number of aromatic nitrogens is 3. The molecule has 2 atom stereocenters. The number of imidazole rings is 1. The number of nitrogens with zero attached hydrogens (tertiary/aromatic N) is 3. The van der Waals surface area contributed by atoms with E-state index in [1.165, 1.54) is 7.11 Å². The molecule has 8 nitrogen and oxygen atoms in total. The Labute approximate surface area is 172 Å². The van der Waals surface area contributed by atoms with Crippen molar-refractivity contribution in [3.63, 3.8) is 0 Å². The molecule has 2 heterocycles. The first kappa shape index (κ1) is 19.4. The fraction of sp³-hybridized carbons (Fsp3) is 0.0526. The molecular formula is C19H17N5O3S2. The minimum Gasteiger partial charge on any atom is -0.282 e. The van der Waals surface area contributed by atoms with Crippen LogP contribution in [0, 0.1) is 0 Å². The van der Waals surface area contributed by atoms with Gasteiger partial charge in [-0.15, -0.1) is 0 Å². The van der Waals surface area contributed by atoms with E-state index in [0.29, 0.717) is 16.2 Å². The molecule has 0 bridgehead atoms. The molecule has 0 aliphatic heterocycles. The van der Waals surface area contributed by atoms with Gasteiger partial charge in [0.15, 0.2) is 5.65 Å². The fourth-order valence-electron chi connectivity index (χ4n) is 2.86. The average Bonchev–Trinajstić information content (AvgIpc) is 3.17. The quantitative estimate of drug-likeness (QED) is 0.491. The molecule has 0 saturated heterocycles. The highest BCUT2D eigenvalue weighted by Crippen LogP contribution is 2.25. The van der Waals surface area contributed by atoms with E-state index < -0.39 is 22.3 Å². The minimum atomic E-state index is -1.61. The van der Waals surface area contributed by atoms with E-state index in [0.717, 1.165) is 22.5 Å². The predicted molar refractivity (Wildman–Crippen MR) is 113 cm³/mol. The van der Waals surface area contributed by atoms with E-state index in [2.05, 4.69) is 9.71 Å². The molecule has 2 unspecified atom stereocenters. The maximum absolute atomic E-state index is 11.6. The highest BCUT2D eigenvalue weighted by atomic mass is 32.2. The molecule has 0 amide bonds. The lowest BCUT2D eigenvalue weighted by Crippen LogP contribution is -2.05. The van der Waals surface area contributed by atoms with Gasteiger partial charge in [-0.3, -0.25) is 8.91 Å². The molecule has 4 rings (SSSR count). The van der Waals surface area contributed by atoms with Gasteiger partial charge in [-0.1, -0.05) is 24.3 Å². The first-order valence-corrected chi connectivity index (χ1v) is 10.8. The topological polar surface area (TPSA) is 112 Å². The zero-order valence-electron chi connectivity index (χ0n) is 15.3. The number of nitrogens with two attached hydrogens (primary N) is 1. The van der Waals surface area contributed by atoms with E-state index >= 15 is 0 Å². The molecule has 0 aliphatic carbocycles. The average molecular weight is 428 g/mol. The number of nitrogens with one attached hydrogen (secondary N) is 1. The van der Waals surface area contributed by atoms with Gasteiger partial charge in [0.1, 0.15) is 11.0 Å². The maximum atomic E-state index is 11.6. The van der Waals surface area contributed by atoms with Crippen molar-refractivity contribution in [2.75, 3.05) is 11.8 Å². The van der Waals surface area contributed by atoms with E-state index in [1.807, 2.05) is 42.5 Å². The van der Waals surface area contributed by atoms with Gasteiger partial charge in [-0.25, -0.2) is 23.1 Å². The molecule has 0 fully saturated rings. The molecule has 0 saturated carbocycles. The van der Waals surface area contributed by atoms with Crippen LogP contribution in [0.4, 0.5) is 5.69 Å². The number of anilines is 1. The van der Waals surface area contributed by atoms with Crippen molar-refractivity contribution >= 4 is 33.6 Å². The standard InChI is InChI=1S/C19H17N5O3S2/c1-27-29(26)23-15-4-2-3-14(11-15)17-9-10-19-21-12-18(24(19)22-17)13-5-7-16(8-6-13)28(20)25/h2-12,23H,20H2,1H3. The van der Waals surface area contributed by atoms with Crippen LogP contribution in [0.5, 0.6) is 0 Å². The molecule has 0 spiro atoms. The van der Waals surface area contributed by atoms with E-state index in [4.69, 9.17) is 14.4 Å². The summed E-state index contributed by atoms with van der Waals surface area (Å²) < 4.78 is 32.2. The molecule has 2 aromatic carbocycles. The lowest BCUT2D eigenvalue weighted by atomic mass is 10.1. The molecule has 0 aliphatic rings. The Hall–Kier alpha value is -2.92. The third-order valence-electron chi connectivity index (χ3n) is 4.26. The van der Waals surface area contributed by atoms with Crippen LogP contribution in [-0.4, -0.2) is 30.1 Å². The SMILES string of the molecule is COS(=O)Nc1cccc(-c2ccc3ncc(-c4ccc(S(N)=O)cc4)n3n2)c1. The zero-order valence-corrected chi connectivity index (χ0v) is 16.9. The number of benzene rings is 2. The number of rotatable bonds is 6. The van der Waals surface area contributed by atoms with Crippen LogP contribution in [0.2, 0.25) is 0 Å². The van der Waals surface area contributed by atoms with Gasteiger partial charge in [-0.2, -0.15) is 5.10 Å². The first-order chi connectivity index (χ1) is 14.0. The van der Waals surface area contributed by atoms with E-state index in [1.54, 1.807) is 28.9 Å². The maximum Gasteiger partial charge on any atom is 0.261 e. The Balaban J connectivity index is 1.73. The summed E-state index contributed by atoms with van der Waals surface area (Å²) in [6, 6.07) is 18.3. The van der Waals surface area contributed by atoms with Crippen LogP contribution < -0.4 is 9.86 Å². The summed E-state index contributed by atoms with van der Waals surface area (Å²) in [5.41, 5.74) is 4.60. The summed E-state index contributed by atoms with van der Waals surface area (Å²) in [5, 5.41) is 10.1. The van der Waals surface area contributed by atoms with Crippen molar-refractivity contribution in [2.45, 2.75) is 4.90 Å².